The number of piperazine rings is 1. The molecule has 48 heavy (non-hydrogen) atoms. The number of nitriles is 1. The number of nitrogens with zero attached hydrogens (tertiary/aromatic N) is 7. The smallest absolute Gasteiger partial charge is 0.282 e. The number of thiophene rings is 1. The van der Waals surface area contributed by atoms with Crippen molar-refractivity contribution in [2.45, 2.75) is 102 Å². The second kappa shape index (κ2) is 12.5. The molecule has 0 saturated carbocycles. The fourth-order valence-corrected chi connectivity index (χ4v) is 9.97. The molecule has 5 atom stereocenters. The number of aryl methyl sites for hydroxylation is 1. The molecular formula is C35H43FN8O3S. The van der Waals surface area contributed by atoms with Crippen LogP contribution in [-0.4, -0.2) is 81.7 Å². The number of fused-ring (bicyclic) bond motifs is 4. The van der Waals surface area contributed by atoms with Crippen LogP contribution in [0.1, 0.15) is 86.6 Å². The number of nitrogen functional groups attached to an aromatic ring is 1. The Labute approximate surface area is 284 Å². The Balaban J connectivity index is 1.29. The van der Waals surface area contributed by atoms with Crippen LogP contribution in [0.4, 0.5) is 15.2 Å². The highest BCUT2D eigenvalue weighted by Gasteiger charge is 2.49. The van der Waals surface area contributed by atoms with Gasteiger partial charge >= 0.3 is 0 Å². The quantitative estimate of drug-likeness (QED) is 0.340. The van der Waals surface area contributed by atoms with E-state index in [2.05, 4.69) is 41.6 Å². The molecule has 0 radical (unpaired) electrons. The first-order valence-electron chi connectivity index (χ1n) is 17.0. The molecule has 254 valence electrons. The van der Waals surface area contributed by atoms with Crippen LogP contribution in [0.5, 0.6) is 5.88 Å². The van der Waals surface area contributed by atoms with Gasteiger partial charge in [-0.25, -0.2) is 9.37 Å². The van der Waals surface area contributed by atoms with Gasteiger partial charge in [0.25, 0.3) is 5.91 Å². The maximum Gasteiger partial charge on any atom is 0.282 e. The van der Waals surface area contributed by atoms with Gasteiger partial charge in [0, 0.05) is 47.7 Å². The summed E-state index contributed by atoms with van der Waals surface area (Å²) in [7, 11) is 2.12. The predicted molar refractivity (Wildman–Crippen MR) is 182 cm³/mol. The lowest BCUT2D eigenvalue weighted by Gasteiger charge is -2.44. The van der Waals surface area contributed by atoms with Gasteiger partial charge in [-0.05, 0) is 91.3 Å². The summed E-state index contributed by atoms with van der Waals surface area (Å²) >= 11 is 1.52. The van der Waals surface area contributed by atoms with Gasteiger partial charge in [0.2, 0.25) is 5.88 Å². The molecule has 2 aliphatic heterocycles. The van der Waals surface area contributed by atoms with E-state index in [1.807, 2.05) is 19.9 Å². The number of carbonyl (C=O) groups excluding carboxylic acids is 1. The second-order valence-electron chi connectivity index (χ2n) is 14.0. The first-order chi connectivity index (χ1) is 23.0. The molecule has 4 aliphatic rings. The molecule has 2 saturated heterocycles. The van der Waals surface area contributed by atoms with Gasteiger partial charge in [0.05, 0.1) is 11.0 Å². The molecule has 5 heterocycles. The number of nitrogens with two attached hydrogens (primary N) is 1. The minimum Gasteiger partial charge on any atom is -0.473 e. The lowest BCUT2D eigenvalue weighted by molar-refractivity contribution is -0.133. The second-order valence-corrected chi connectivity index (χ2v) is 15.1. The summed E-state index contributed by atoms with van der Waals surface area (Å²) in [5.41, 5.74) is 9.03. The first kappa shape index (κ1) is 32.5. The Kier molecular flexibility index (Phi) is 8.44. The highest BCUT2D eigenvalue weighted by atomic mass is 32.1. The number of halogens is 1. The van der Waals surface area contributed by atoms with Gasteiger partial charge in [-0.2, -0.15) is 10.2 Å². The van der Waals surface area contributed by atoms with Crippen molar-refractivity contribution in [3.8, 4) is 23.5 Å². The predicted octanol–water partition coefficient (Wildman–Crippen LogP) is 5.38. The Morgan fingerprint density at radius 1 is 1.23 bits per heavy atom. The van der Waals surface area contributed by atoms with Gasteiger partial charge in [-0.1, -0.05) is 11.7 Å². The fraction of sp³-hybridized carbons (Fsp3) is 0.571. The van der Waals surface area contributed by atoms with Crippen LogP contribution in [0.2, 0.25) is 0 Å². The number of amides is 1. The molecule has 1 spiro atoms. The number of hydrogen-bond acceptors (Lipinski definition) is 11. The number of rotatable bonds is 6. The monoisotopic (exact) mass is 674 g/mol. The number of ether oxygens (including phenoxy) is 1. The standard InChI is InChI=1S/C35H43FN8O3S/c1-19-17-43(18-20(2)44(19)34(45)21(3)36)27-15-28(46-22(4)25-10-8-14-42(25)5)40-33(39-27)30-23-9-6-12-35(31(23)47-41-30)13-7-11-26-29(35)24(16-37)32(38)48-26/h15,19-20,22,25H,3,6-14,17-18,38H2,1-2,4-5H3/t19-,20-,22-,25-,35-/m0/s1. The van der Waals surface area contributed by atoms with Crippen LogP contribution < -0.4 is 15.4 Å². The van der Waals surface area contributed by atoms with Crippen LogP contribution in [-0.2, 0) is 23.1 Å². The summed E-state index contributed by atoms with van der Waals surface area (Å²) in [5, 5.41) is 15.3. The van der Waals surface area contributed by atoms with Gasteiger partial charge in [-0.3, -0.25) is 9.69 Å². The van der Waals surface area contributed by atoms with Crippen LogP contribution in [0, 0.1) is 11.3 Å². The molecule has 13 heteroatoms. The van der Waals surface area contributed by atoms with Crippen LogP contribution in [0.3, 0.4) is 0 Å². The number of anilines is 2. The Morgan fingerprint density at radius 3 is 2.62 bits per heavy atom. The van der Waals surface area contributed by atoms with Gasteiger partial charge < -0.3 is 24.8 Å². The highest BCUT2D eigenvalue weighted by Crippen LogP contribution is 2.55. The summed E-state index contributed by atoms with van der Waals surface area (Å²) in [4.78, 5) is 29.8. The summed E-state index contributed by atoms with van der Waals surface area (Å²) < 4.78 is 26.7. The minimum atomic E-state index is -0.960. The average molecular weight is 675 g/mol. The molecule has 0 aromatic carbocycles. The molecule has 1 amide bonds. The fourth-order valence-electron chi connectivity index (χ4n) is 8.81. The zero-order chi connectivity index (χ0) is 33.9. The van der Waals surface area contributed by atoms with E-state index in [4.69, 9.17) is 25.0 Å². The summed E-state index contributed by atoms with van der Waals surface area (Å²) in [6, 6.07) is 3.94. The normalized spacial score (nSPS) is 26.2. The van der Waals surface area contributed by atoms with E-state index in [0.29, 0.717) is 46.9 Å². The van der Waals surface area contributed by atoms with E-state index in [-0.39, 0.29) is 24.2 Å². The third-order valence-corrected chi connectivity index (χ3v) is 12.0. The van der Waals surface area contributed by atoms with Crippen molar-refractivity contribution in [1.29, 1.82) is 5.26 Å². The lowest BCUT2D eigenvalue weighted by Crippen LogP contribution is -2.59. The van der Waals surface area contributed by atoms with E-state index >= 15 is 0 Å². The van der Waals surface area contributed by atoms with Crippen LogP contribution in [0.25, 0.3) is 11.5 Å². The van der Waals surface area contributed by atoms with E-state index in [1.54, 1.807) is 4.90 Å². The highest BCUT2D eigenvalue weighted by molar-refractivity contribution is 7.16. The van der Waals surface area contributed by atoms with Crippen molar-refractivity contribution in [3.05, 3.63) is 45.8 Å². The molecule has 3 aromatic heterocycles. The summed E-state index contributed by atoms with van der Waals surface area (Å²) in [5.74, 6) is 0.645. The van der Waals surface area contributed by atoms with Crippen molar-refractivity contribution in [1.82, 2.24) is 24.9 Å². The minimum absolute atomic E-state index is 0.111. The molecule has 2 N–H and O–H groups in total. The summed E-state index contributed by atoms with van der Waals surface area (Å²) in [6.07, 6.45) is 7.31. The number of likely N-dealkylation sites (tertiary alicyclic amines) is 1. The average Bonchev–Trinajstić information content (AvgIpc) is 3.77. The number of hydrogen-bond donors (Lipinski definition) is 1. The maximum absolute atomic E-state index is 13.9. The molecular weight excluding hydrogens is 632 g/mol. The molecule has 7 rings (SSSR count). The third kappa shape index (κ3) is 5.33. The number of aromatic nitrogens is 3. The third-order valence-electron chi connectivity index (χ3n) is 10.9. The molecule has 2 fully saturated rings. The van der Waals surface area contributed by atoms with Crippen molar-refractivity contribution in [2.75, 3.05) is 37.3 Å². The van der Waals surface area contributed by atoms with Gasteiger partial charge in [0.15, 0.2) is 23.1 Å². The number of carbonyl (C=O) groups is 1. The molecule has 0 bridgehead atoms. The van der Waals surface area contributed by atoms with Crippen molar-refractivity contribution in [3.63, 3.8) is 0 Å². The Bertz CT molecular complexity index is 1780. The van der Waals surface area contributed by atoms with Crippen LogP contribution in [0.15, 0.2) is 23.0 Å². The first-order valence-corrected chi connectivity index (χ1v) is 17.8. The van der Waals surface area contributed by atoms with Gasteiger partial charge in [0.1, 0.15) is 23.0 Å². The van der Waals surface area contributed by atoms with Crippen molar-refractivity contribution >= 4 is 28.1 Å². The lowest BCUT2D eigenvalue weighted by atomic mass is 9.63. The van der Waals surface area contributed by atoms with Crippen molar-refractivity contribution in [2.24, 2.45) is 0 Å². The van der Waals surface area contributed by atoms with Crippen LogP contribution >= 0.6 is 11.3 Å². The van der Waals surface area contributed by atoms with Gasteiger partial charge in [-0.15, -0.1) is 11.3 Å². The largest absolute Gasteiger partial charge is 0.473 e. The number of likely N-dealkylation sites (N-methyl/N-ethyl adjacent to an activating group) is 1. The molecule has 2 aliphatic carbocycles. The van der Waals surface area contributed by atoms with E-state index in [0.717, 1.165) is 79.7 Å². The van der Waals surface area contributed by atoms with E-state index in [9.17, 15) is 14.4 Å². The topological polar surface area (TPSA) is 138 Å². The Hall–Kier alpha value is -4.02. The molecule has 3 aromatic rings. The Morgan fingerprint density at radius 2 is 1.96 bits per heavy atom. The van der Waals surface area contributed by atoms with E-state index < -0.39 is 17.1 Å². The zero-order valence-corrected chi connectivity index (χ0v) is 28.9. The summed E-state index contributed by atoms with van der Waals surface area (Å²) in [6.45, 7) is 11.0. The SMILES string of the molecule is C=C(F)C(=O)N1[C@@H](C)CN(c2cc(O[C@@H](C)[C@@H]3CCCN3C)nc(-c3noc4c3CCC[C@@]43CCCc4sc(N)c(C#N)c43)n2)C[C@@H]1C. The molecule has 11 nitrogen and oxygen atoms in total. The zero-order valence-electron chi connectivity index (χ0n) is 28.1. The van der Waals surface area contributed by atoms with E-state index in [1.165, 1.54) is 11.3 Å². The van der Waals surface area contributed by atoms with Crippen molar-refractivity contribution < 1.29 is 18.4 Å². The maximum atomic E-state index is 13.9. The molecule has 0 unspecified atom stereocenters.